The number of halogens is 3. The van der Waals surface area contributed by atoms with Crippen LogP contribution in [0.1, 0.15) is 40.7 Å². The third-order valence-corrected chi connectivity index (χ3v) is 6.91. The maximum atomic E-state index is 13.6. The highest BCUT2D eigenvalue weighted by atomic mass is 19.4. The minimum absolute atomic E-state index is 0.168. The van der Waals surface area contributed by atoms with Gasteiger partial charge in [0.2, 0.25) is 5.91 Å². The van der Waals surface area contributed by atoms with E-state index in [0.717, 1.165) is 12.1 Å². The van der Waals surface area contributed by atoms with Crippen LogP contribution in [0.15, 0.2) is 36.9 Å². The predicted octanol–water partition coefficient (Wildman–Crippen LogP) is 2.96. The average Bonchev–Trinajstić information content (AvgIpc) is 3.22. The Balaban J connectivity index is 1.60. The Morgan fingerprint density at radius 2 is 1.83 bits per heavy atom. The summed E-state index contributed by atoms with van der Waals surface area (Å²) in [5.74, 6) is -0.363. The normalized spacial score (nSPS) is 19.5. The first kappa shape index (κ1) is 24.4. The number of benzene rings is 1. The third kappa shape index (κ3) is 4.78. The van der Waals surface area contributed by atoms with Crippen LogP contribution < -0.4 is 4.90 Å². The summed E-state index contributed by atoms with van der Waals surface area (Å²) in [6, 6.07) is 4.55. The van der Waals surface area contributed by atoms with E-state index in [1.807, 2.05) is 0 Å². The van der Waals surface area contributed by atoms with Crippen LogP contribution in [0.3, 0.4) is 0 Å². The molecular weight excluding hydrogens is 461 g/mol. The van der Waals surface area contributed by atoms with E-state index in [2.05, 4.69) is 9.97 Å². The van der Waals surface area contributed by atoms with E-state index in [9.17, 15) is 22.8 Å². The Hall–Kier alpha value is -3.68. The standard InChI is InChI=1S/C24H25F3N6O2/c1-31(2)22(35)20-10-23(5-7-32(8-6-23)21(34)17-12-29-15-30-13-17)14-33(20)18-4-3-16(11-28)19(9-18)24(25,26)27/h3-4,9,12-13,15,20H,5-8,10,14H2,1-2H3. The molecule has 0 radical (unpaired) electrons. The van der Waals surface area contributed by atoms with Crippen LogP contribution >= 0.6 is 0 Å². The van der Waals surface area contributed by atoms with E-state index in [-0.39, 0.29) is 22.9 Å². The molecule has 0 N–H and O–H groups in total. The molecule has 2 aromatic rings. The van der Waals surface area contributed by atoms with Gasteiger partial charge in [-0.25, -0.2) is 9.97 Å². The Kier molecular flexibility index (Phi) is 6.40. The molecule has 1 spiro atoms. The lowest BCUT2D eigenvalue weighted by Crippen LogP contribution is -2.44. The number of hydrogen-bond acceptors (Lipinski definition) is 6. The number of amides is 2. The summed E-state index contributed by atoms with van der Waals surface area (Å²) in [5.41, 5.74) is -1.14. The highest BCUT2D eigenvalue weighted by molar-refractivity contribution is 5.93. The number of hydrogen-bond donors (Lipinski definition) is 0. The summed E-state index contributed by atoms with van der Waals surface area (Å²) in [6.45, 7) is 1.31. The molecule has 0 aliphatic carbocycles. The summed E-state index contributed by atoms with van der Waals surface area (Å²) in [6.07, 6.45) is 1.29. The van der Waals surface area contributed by atoms with Gasteiger partial charge >= 0.3 is 6.18 Å². The van der Waals surface area contributed by atoms with E-state index in [1.165, 1.54) is 29.7 Å². The van der Waals surface area contributed by atoms with Crippen molar-refractivity contribution in [3.05, 3.63) is 53.6 Å². The van der Waals surface area contributed by atoms with Gasteiger partial charge in [-0.1, -0.05) is 0 Å². The van der Waals surface area contributed by atoms with Gasteiger partial charge in [-0.05, 0) is 42.9 Å². The summed E-state index contributed by atoms with van der Waals surface area (Å²) in [7, 11) is 3.24. The largest absolute Gasteiger partial charge is 0.417 e. The lowest BCUT2D eigenvalue weighted by atomic mass is 9.76. The summed E-state index contributed by atoms with van der Waals surface area (Å²) in [5, 5.41) is 9.14. The molecule has 0 bridgehead atoms. The van der Waals surface area contributed by atoms with Gasteiger partial charge in [0.05, 0.1) is 22.8 Å². The number of piperidine rings is 1. The fourth-order valence-electron chi connectivity index (χ4n) is 5.03. The number of carbonyl (C=O) groups excluding carboxylic acids is 2. The lowest BCUT2D eigenvalue weighted by Gasteiger charge is -2.39. The van der Waals surface area contributed by atoms with Gasteiger partial charge in [0.1, 0.15) is 12.4 Å². The molecule has 2 aliphatic heterocycles. The average molecular weight is 486 g/mol. The van der Waals surface area contributed by atoms with Crippen molar-refractivity contribution in [2.75, 3.05) is 38.6 Å². The molecule has 35 heavy (non-hydrogen) atoms. The van der Waals surface area contributed by atoms with Crippen LogP contribution in [0.2, 0.25) is 0 Å². The molecule has 3 heterocycles. The Morgan fingerprint density at radius 1 is 1.17 bits per heavy atom. The molecule has 1 aromatic heterocycles. The molecular formula is C24H25F3N6O2. The minimum atomic E-state index is -4.69. The number of likely N-dealkylation sites (tertiary alicyclic amines) is 1. The summed E-state index contributed by atoms with van der Waals surface area (Å²) >= 11 is 0. The minimum Gasteiger partial charge on any atom is -0.359 e. The second kappa shape index (κ2) is 9.17. The van der Waals surface area contributed by atoms with Crippen LogP contribution in [0.4, 0.5) is 18.9 Å². The van der Waals surface area contributed by atoms with Crippen molar-refractivity contribution in [1.82, 2.24) is 19.8 Å². The van der Waals surface area contributed by atoms with Crippen molar-refractivity contribution in [1.29, 1.82) is 5.26 Å². The zero-order valence-corrected chi connectivity index (χ0v) is 19.4. The van der Waals surface area contributed by atoms with Crippen LogP contribution in [0, 0.1) is 16.7 Å². The number of alkyl halides is 3. The predicted molar refractivity (Wildman–Crippen MR) is 120 cm³/mol. The van der Waals surface area contributed by atoms with Crippen molar-refractivity contribution >= 4 is 17.5 Å². The molecule has 1 unspecified atom stereocenters. The maximum absolute atomic E-state index is 13.6. The first-order chi connectivity index (χ1) is 16.5. The summed E-state index contributed by atoms with van der Waals surface area (Å²) in [4.78, 5) is 38.5. The van der Waals surface area contributed by atoms with Gasteiger partial charge in [-0.2, -0.15) is 18.4 Å². The third-order valence-electron chi connectivity index (χ3n) is 6.91. The van der Waals surface area contributed by atoms with Crippen LogP contribution in [-0.4, -0.2) is 71.4 Å². The molecule has 2 aliphatic rings. The zero-order valence-electron chi connectivity index (χ0n) is 19.4. The van der Waals surface area contributed by atoms with Gasteiger partial charge < -0.3 is 14.7 Å². The van der Waals surface area contributed by atoms with E-state index < -0.39 is 23.3 Å². The number of carbonyl (C=O) groups is 2. The second-order valence-corrected chi connectivity index (χ2v) is 9.34. The first-order valence-electron chi connectivity index (χ1n) is 11.2. The molecule has 184 valence electrons. The summed E-state index contributed by atoms with van der Waals surface area (Å²) < 4.78 is 40.8. The van der Waals surface area contributed by atoms with E-state index in [0.29, 0.717) is 44.5 Å². The van der Waals surface area contributed by atoms with Crippen molar-refractivity contribution in [2.45, 2.75) is 31.5 Å². The van der Waals surface area contributed by atoms with Gasteiger partial charge in [-0.3, -0.25) is 9.59 Å². The number of rotatable bonds is 3. The van der Waals surface area contributed by atoms with Crippen molar-refractivity contribution < 1.29 is 22.8 Å². The smallest absolute Gasteiger partial charge is 0.359 e. The fourth-order valence-corrected chi connectivity index (χ4v) is 5.03. The quantitative estimate of drug-likeness (QED) is 0.662. The number of nitriles is 1. The highest BCUT2D eigenvalue weighted by Crippen LogP contribution is 2.46. The molecule has 1 atom stereocenters. The maximum Gasteiger partial charge on any atom is 0.417 e. The fraction of sp³-hybridized carbons (Fsp3) is 0.458. The molecule has 0 saturated carbocycles. The van der Waals surface area contributed by atoms with Crippen LogP contribution in [-0.2, 0) is 11.0 Å². The highest BCUT2D eigenvalue weighted by Gasteiger charge is 2.49. The lowest BCUT2D eigenvalue weighted by molar-refractivity contribution is -0.137. The van der Waals surface area contributed by atoms with Gasteiger partial charge in [0, 0.05) is 51.8 Å². The van der Waals surface area contributed by atoms with Crippen molar-refractivity contribution in [3.8, 4) is 6.07 Å². The van der Waals surface area contributed by atoms with Gasteiger partial charge in [0.25, 0.3) is 5.91 Å². The molecule has 1 aromatic carbocycles. The van der Waals surface area contributed by atoms with Crippen molar-refractivity contribution in [2.24, 2.45) is 5.41 Å². The number of nitrogens with zero attached hydrogens (tertiary/aromatic N) is 6. The van der Waals surface area contributed by atoms with E-state index in [4.69, 9.17) is 5.26 Å². The Labute approximate surface area is 201 Å². The number of anilines is 1. The molecule has 2 saturated heterocycles. The molecule has 11 heteroatoms. The monoisotopic (exact) mass is 486 g/mol. The Morgan fingerprint density at radius 3 is 2.40 bits per heavy atom. The number of aromatic nitrogens is 2. The first-order valence-corrected chi connectivity index (χ1v) is 11.2. The van der Waals surface area contributed by atoms with Crippen LogP contribution in [0.25, 0.3) is 0 Å². The van der Waals surface area contributed by atoms with E-state index >= 15 is 0 Å². The van der Waals surface area contributed by atoms with Gasteiger partial charge in [-0.15, -0.1) is 0 Å². The van der Waals surface area contributed by atoms with Crippen LogP contribution in [0.5, 0.6) is 0 Å². The Bertz CT molecular complexity index is 1150. The molecule has 2 fully saturated rings. The second-order valence-electron chi connectivity index (χ2n) is 9.34. The zero-order chi connectivity index (χ0) is 25.4. The topological polar surface area (TPSA) is 93.4 Å². The molecule has 8 nitrogen and oxygen atoms in total. The van der Waals surface area contributed by atoms with Gasteiger partial charge in [0.15, 0.2) is 0 Å². The molecule has 4 rings (SSSR count). The SMILES string of the molecule is CN(C)C(=O)C1CC2(CCN(C(=O)c3cncnc3)CC2)CN1c1ccc(C#N)c(C(F)(F)F)c1. The molecule has 2 amide bonds. The van der Waals surface area contributed by atoms with E-state index in [1.54, 1.807) is 30.0 Å². The number of likely N-dealkylation sites (N-methyl/N-ethyl adjacent to an activating group) is 1. The van der Waals surface area contributed by atoms with Crippen molar-refractivity contribution in [3.63, 3.8) is 0 Å².